The van der Waals surface area contributed by atoms with E-state index in [1.807, 2.05) is 12.2 Å². The fourth-order valence-electron chi connectivity index (χ4n) is 6.14. The zero-order valence-electron chi connectivity index (χ0n) is 30.1. The fraction of sp³-hybridized carbons (Fsp3) is 0.850. The molecule has 0 spiro atoms. The summed E-state index contributed by atoms with van der Waals surface area (Å²) in [6, 6.07) is 0. The van der Waals surface area contributed by atoms with E-state index in [9.17, 15) is 19.8 Å². The molecule has 0 rings (SSSR count). The van der Waals surface area contributed by atoms with Crippen molar-refractivity contribution in [3.8, 4) is 0 Å². The van der Waals surface area contributed by atoms with Gasteiger partial charge in [-0.3, -0.25) is 9.59 Å². The molecule has 2 N–H and O–H groups in total. The third kappa shape index (κ3) is 32.0. The first-order valence-corrected chi connectivity index (χ1v) is 19.3. The Hall–Kier alpha value is -0.320. The van der Waals surface area contributed by atoms with Gasteiger partial charge in [0.05, 0.1) is 6.42 Å². The molecule has 0 aromatic rings. The van der Waals surface area contributed by atoms with Crippen LogP contribution in [0.2, 0.25) is 0 Å². The van der Waals surface area contributed by atoms with Crippen LogP contribution in [0.3, 0.4) is 0 Å². The van der Waals surface area contributed by atoms with Gasteiger partial charge in [0.1, 0.15) is 5.41 Å². The summed E-state index contributed by atoms with van der Waals surface area (Å²) in [6.45, 7) is 4.54. The Morgan fingerprint density at radius 1 is 0.444 bits per heavy atom. The molecule has 0 unspecified atom stereocenters. The van der Waals surface area contributed by atoms with Gasteiger partial charge >= 0.3 is 11.9 Å². The van der Waals surface area contributed by atoms with Gasteiger partial charge in [-0.05, 0) is 25.7 Å². The quantitative estimate of drug-likeness (QED) is 0.0404. The molecule has 4 nitrogen and oxygen atoms in total. The van der Waals surface area contributed by atoms with Gasteiger partial charge in [0.15, 0.2) is 0 Å². The number of rotatable bonds is 35. The first-order chi connectivity index (χ1) is 21.5. The van der Waals surface area contributed by atoms with Crippen molar-refractivity contribution in [3.05, 3.63) is 24.3 Å². The summed E-state index contributed by atoms with van der Waals surface area (Å²) in [6.07, 6.45) is 45.0. The molecule has 0 amide bonds. The fourth-order valence-corrected chi connectivity index (χ4v) is 6.14. The van der Waals surface area contributed by atoms with Crippen LogP contribution in [0.4, 0.5) is 0 Å². The van der Waals surface area contributed by atoms with Crippen LogP contribution in [0.1, 0.15) is 213 Å². The Bertz CT molecular complexity index is 660. The average molecular weight is 659 g/mol. The number of hydrogen-bond donors (Lipinski definition) is 2. The van der Waals surface area contributed by atoms with Crippen LogP contribution in [-0.2, 0) is 9.59 Å². The molecule has 0 heterocycles. The molecule has 0 aromatic heterocycles. The maximum Gasteiger partial charge on any atom is 0.318 e. The Labute approximate surface area is 310 Å². The molecule has 2 radical (unpaired) electrons. The van der Waals surface area contributed by atoms with Crippen molar-refractivity contribution in [1.82, 2.24) is 0 Å². The molecule has 0 aromatic carbocycles. The van der Waals surface area contributed by atoms with Crippen LogP contribution in [0.15, 0.2) is 24.3 Å². The first-order valence-electron chi connectivity index (χ1n) is 19.3. The number of carboxylic acid groups (broad SMARTS) is 2. The van der Waals surface area contributed by atoms with Crippen molar-refractivity contribution in [2.75, 3.05) is 0 Å². The molecule has 0 aliphatic carbocycles. The number of carbonyl (C=O) groups is 2. The van der Waals surface area contributed by atoms with Crippen LogP contribution in [0.5, 0.6) is 0 Å². The van der Waals surface area contributed by atoms with Gasteiger partial charge in [-0.25, -0.2) is 0 Å². The summed E-state index contributed by atoms with van der Waals surface area (Å²) in [5.41, 5.74) is -1.45. The predicted molar refractivity (Wildman–Crippen MR) is 196 cm³/mol. The number of aliphatic carboxylic acids is 2. The molecule has 5 heteroatoms. The van der Waals surface area contributed by atoms with E-state index < -0.39 is 23.8 Å². The van der Waals surface area contributed by atoms with Crippen molar-refractivity contribution in [2.45, 2.75) is 213 Å². The zero-order chi connectivity index (χ0) is 32.4. The first kappa shape index (κ1) is 46.8. The Balaban J connectivity index is 0. The summed E-state index contributed by atoms with van der Waals surface area (Å²) < 4.78 is 0. The Morgan fingerprint density at radius 3 is 0.911 bits per heavy atom. The molecule has 260 valence electrons. The van der Waals surface area contributed by atoms with Crippen LogP contribution in [-0.4, -0.2) is 59.9 Å². The van der Waals surface area contributed by atoms with Gasteiger partial charge in [0, 0.05) is 37.7 Å². The second-order valence-electron chi connectivity index (χ2n) is 13.5. The summed E-state index contributed by atoms with van der Waals surface area (Å²) >= 11 is 0. The number of unbranched alkanes of at least 4 members (excludes halogenated alkanes) is 28. The van der Waals surface area contributed by atoms with E-state index in [2.05, 4.69) is 13.8 Å². The predicted octanol–water partition coefficient (Wildman–Crippen LogP) is 13.0. The summed E-state index contributed by atoms with van der Waals surface area (Å²) in [5.74, 6) is -2.15. The Morgan fingerprint density at radius 2 is 0.689 bits per heavy atom. The minimum absolute atomic E-state index is 0. The van der Waals surface area contributed by atoms with Crippen molar-refractivity contribution in [2.24, 2.45) is 5.41 Å². The van der Waals surface area contributed by atoms with E-state index >= 15 is 0 Å². The van der Waals surface area contributed by atoms with Gasteiger partial charge in [0.2, 0.25) is 0 Å². The molecule has 0 bridgehead atoms. The summed E-state index contributed by atoms with van der Waals surface area (Å²) in [5, 5.41) is 19.4. The number of hydrogen-bond acceptors (Lipinski definition) is 2. The zero-order valence-corrected chi connectivity index (χ0v) is 32.4. The van der Waals surface area contributed by atoms with Crippen LogP contribution in [0.25, 0.3) is 0 Å². The van der Waals surface area contributed by atoms with Crippen molar-refractivity contribution < 1.29 is 19.8 Å². The van der Waals surface area contributed by atoms with Gasteiger partial charge < -0.3 is 10.2 Å². The molecule has 45 heavy (non-hydrogen) atoms. The van der Waals surface area contributed by atoms with E-state index in [1.54, 1.807) is 12.2 Å². The van der Waals surface area contributed by atoms with Gasteiger partial charge in [-0.2, -0.15) is 0 Å². The average Bonchev–Trinajstić information content (AvgIpc) is 3.00. The van der Waals surface area contributed by atoms with E-state index in [-0.39, 0.29) is 37.7 Å². The Kier molecular flexibility index (Phi) is 38.0. The monoisotopic (exact) mass is 659 g/mol. The van der Waals surface area contributed by atoms with Gasteiger partial charge in [0.25, 0.3) is 0 Å². The second-order valence-corrected chi connectivity index (χ2v) is 13.5. The van der Waals surface area contributed by atoms with Crippen LogP contribution >= 0.6 is 0 Å². The molecule has 0 fully saturated rings. The normalized spacial score (nSPS) is 12.9. The van der Waals surface area contributed by atoms with E-state index in [0.29, 0.717) is 0 Å². The van der Waals surface area contributed by atoms with Crippen LogP contribution in [0, 0.1) is 5.41 Å². The SMILES string of the molecule is CCCCCCCCCCCCCCCCC=CC(C=CCCCCCCCCCCCCCCCC)(CC(=O)O)C(=O)O.[Ca]. The smallest absolute Gasteiger partial charge is 0.318 e. The molecule has 0 aliphatic rings. The minimum atomic E-state index is -1.45. The molecule has 0 atom stereocenters. The largest absolute Gasteiger partial charge is 0.481 e. The number of carboxylic acids is 2. The second kappa shape index (κ2) is 36.5. The standard InChI is InChI=1S/C40H74O4.Ca/c1-3-5-7-9-11-13-15-17-19-21-23-25-27-29-31-33-35-40(39(43)44,37-38(41)42)36-34-32-30-28-26-24-22-20-18-16-14-12-10-8-6-4-2;/h33-36H,3-32,37H2,1-2H3,(H,41,42)(H,43,44);. The summed E-state index contributed by atoms with van der Waals surface area (Å²) in [7, 11) is 0. The van der Waals surface area contributed by atoms with E-state index in [1.165, 1.54) is 154 Å². The van der Waals surface area contributed by atoms with Gasteiger partial charge in [-0.15, -0.1) is 0 Å². The topological polar surface area (TPSA) is 74.6 Å². The third-order valence-electron chi connectivity index (χ3n) is 9.12. The number of allylic oxidation sites excluding steroid dienone is 2. The van der Waals surface area contributed by atoms with Crippen LogP contribution < -0.4 is 0 Å². The molecular weight excluding hydrogens is 585 g/mol. The molecule has 0 saturated carbocycles. The van der Waals surface area contributed by atoms with Crippen molar-refractivity contribution in [3.63, 3.8) is 0 Å². The van der Waals surface area contributed by atoms with Crippen molar-refractivity contribution in [1.29, 1.82) is 0 Å². The van der Waals surface area contributed by atoms with E-state index in [0.717, 1.165) is 38.5 Å². The maximum absolute atomic E-state index is 12.2. The third-order valence-corrected chi connectivity index (χ3v) is 9.12. The van der Waals surface area contributed by atoms with Crippen molar-refractivity contribution >= 4 is 49.7 Å². The minimum Gasteiger partial charge on any atom is -0.481 e. The molecule has 0 saturated heterocycles. The molecule has 0 aliphatic heterocycles. The van der Waals surface area contributed by atoms with Gasteiger partial charge in [-0.1, -0.05) is 205 Å². The summed E-state index contributed by atoms with van der Waals surface area (Å²) in [4.78, 5) is 23.7. The maximum atomic E-state index is 12.2. The van der Waals surface area contributed by atoms with E-state index in [4.69, 9.17) is 0 Å². The molecular formula is C40H74CaO4.